The highest BCUT2D eigenvalue weighted by Crippen LogP contribution is 2.35. The summed E-state index contributed by atoms with van der Waals surface area (Å²) in [5.74, 6) is -0.857. The number of benzene rings is 2. The number of nitrogens with zero attached hydrogens (tertiary/aromatic N) is 2. The Hall–Kier alpha value is -3.95. The van der Waals surface area contributed by atoms with Gasteiger partial charge in [0, 0.05) is 18.7 Å². The number of ether oxygens (including phenoxy) is 1. The third kappa shape index (κ3) is 5.16. The molecule has 0 fully saturated rings. The van der Waals surface area contributed by atoms with E-state index >= 15 is 0 Å². The molecule has 0 saturated heterocycles. The molecule has 10 heteroatoms. The number of para-hydroxylation sites is 1. The Kier molecular flexibility index (Phi) is 6.49. The molecule has 1 aliphatic heterocycles. The molecule has 1 aliphatic rings. The Morgan fingerprint density at radius 2 is 1.97 bits per heavy atom. The number of hydrogen-bond donors (Lipinski definition) is 2. The first kappa shape index (κ1) is 21.8. The number of non-ortho nitro benzene ring substituents is 1. The van der Waals surface area contributed by atoms with Crippen LogP contribution in [0.4, 0.5) is 17.1 Å². The van der Waals surface area contributed by atoms with Gasteiger partial charge in [-0.25, -0.2) is 0 Å². The van der Waals surface area contributed by atoms with Gasteiger partial charge in [-0.05, 0) is 24.1 Å². The van der Waals surface area contributed by atoms with E-state index in [0.717, 1.165) is 4.90 Å². The van der Waals surface area contributed by atoms with Crippen molar-refractivity contribution in [2.75, 3.05) is 29.9 Å². The molecule has 0 saturated carbocycles. The van der Waals surface area contributed by atoms with Gasteiger partial charge in [-0.1, -0.05) is 26.0 Å². The lowest BCUT2D eigenvalue weighted by Crippen LogP contribution is -2.43. The first-order valence-corrected chi connectivity index (χ1v) is 9.65. The molecule has 3 rings (SSSR count). The fourth-order valence-corrected chi connectivity index (χ4v) is 2.99. The van der Waals surface area contributed by atoms with E-state index in [1.54, 1.807) is 24.3 Å². The number of anilines is 2. The fraction of sp³-hybridized carbons (Fsp3) is 0.286. The molecule has 0 unspecified atom stereocenters. The van der Waals surface area contributed by atoms with Crippen LogP contribution in [0.3, 0.4) is 0 Å². The maximum atomic E-state index is 12.7. The molecule has 0 radical (unpaired) electrons. The molecule has 0 aliphatic carbocycles. The van der Waals surface area contributed by atoms with Gasteiger partial charge in [-0.15, -0.1) is 0 Å². The van der Waals surface area contributed by atoms with Crippen LogP contribution in [0.25, 0.3) is 0 Å². The Morgan fingerprint density at radius 3 is 2.68 bits per heavy atom. The van der Waals surface area contributed by atoms with Crippen LogP contribution < -0.4 is 20.3 Å². The summed E-state index contributed by atoms with van der Waals surface area (Å²) >= 11 is 0. The van der Waals surface area contributed by atoms with E-state index in [0.29, 0.717) is 17.8 Å². The van der Waals surface area contributed by atoms with Crippen molar-refractivity contribution in [3.63, 3.8) is 0 Å². The number of nitro groups is 1. The topological polar surface area (TPSA) is 131 Å². The largest absolute Gasteiger partial charge is 0.482 e. The minimum Gasteiger partial charge on any atom is -0.482 e. The van der Waals surface area contributed by atoms with Crippen molar-refractivity contribution in [1.82, 2.24) is 5.32 Å². The quantitative estimate of drug-likeness (QED) is 0.516. The second-order valence-electron chi connectivity index (χ2n) is 7.38. The van der Waals surface area contributed by atoms with Crippen LogP contribution in [-0.2, 0) is 9.59 Å². The average molecular weight is 426 g/mol. The summed E-state index contributed by atoms with van der Waals surface area (Å²) in [7, 11) is 0. The lowest BCUT2D eigenvalue weighted by Gasteiger charge is -2.28. The average Bonchev–Trinajstić information content (AvgIpc) is 2.74. The summed E-state index contributed by atoms with van der Waals surface area (Å²) in [5.41, 5.74) is 0.507. The van der Waals surface area contributed by atoms with Gasteiger partial charge in [-0.3, -0.25) is 29.4 Å². The van der Waals surface area contributed by atoms with E-state index in [1.807, 2.05) is 13.8 Å². The number of carbonyl (C=O) groups excluding carboxylic acids is 3. The zero-order valence-electron chi connectivity index (χ0n) is 17.1. The van der Waals surface area contributed by atoms with Gasteiger partial charge in [0.1, 0.15) is 12.3 Å². The van der Waals surface area contributed by atoms with E-state index in [9.17, 15) is 24.5 Å². The summed E-state index contributed by atoms with van der Waals surface area (Å²) in [6, 6.07) is 10.4. The van der Waals surface area contributed by atoms with E-state index in [2.05, 4.69) is 10.6 Å². The number of carbonyl (C=O) groups is 3. The third-order valence-electron chi connectivity index (χ3n) is 4.51. The minimum absolute atomic E-state index is 0.142. The molecule has 0 bridgehead atoms. The molecule has 2 aromatic rings. The van der Waals surface area contributed by atoms with Crippen molar-refractivity contribution in [1.29, 1.82) is 0 Å². The first-order valence-electron chi connectivity index (χ1n) is 9.65. The normalized spacial score (nSPS) is 12.7. The number of amides is 3. The SMILES string of the molecule is CC(C)CNC(=O)c1ccccc1NC(=O)CN1C(=O)COc2ccc([N+](=O)[O-])cc21. The van der Waals surface area contributed by atoms with E-state index in [1.165, 1.54) is 18.2 Å². The van der Waals surface area contributed by atoms with Crippen molar-refractivity contribution >= 4 is 34.8 Å². The molecular weight excluding hydrogens is 404 g/mol. The van der Waals surface area contributed by atoms with Gasteiger partial charge in [0.25, 0.3) is 17.5 Å². The van der Waals surface area contributed by atoms with Crippen LogP contribution in [0.5, 0.6) is 5.75 Å². The van der Waals surface area contributed by atoms with Crippen LogP contribution in [0, 0.1) is 16.0 Å². The Morgan fingerprint density at radius 1 is 1.23 bits per heavy atom. The molecule has 2 N–H and O–H groups in total. The van der Waals surface area contributed by atoms with Gasteiger partial charge >= 0.3 is 0 Å². The smallest absolute Gasteiger partial charge is 0.271 e. The molecule has 0 atom stereocenters. The highest BCUT2D eigenvalue weighted by atomic mass is 16.6. The lowest BCUT2D eigenvalue weighted by atomic mass is 10.1. The standard InChI is InChI=1S/C21H22N4O6/c1-13(2)10-22-21(28)15-5-3-4-6-16(15)23-19(26)11-24-17-9-14(25(29)30)7-8-18(17)31-12-20(24)27/h3-9,13H,10-12H2,1-2H3,(H,22,28)(H,23,26). The van der Waals surface area contributed by atoms with Crippen molar-refractivity contribution in [2.24, 2.45) is 5.92 Å². The van der Waals surface area contributed by atoms with Crippen LogP contribution in [0.2, 0.25) is 0 Å². The number of nitrogens with one attached hydrogen (secondary N) is 2. The second-order valence-corrected chi connectivity index (χ2v) is 7.38. The number of rotatable bonds is 7. The summed E-state index contributed by atoms with van der Waals surface area (Å²) in [6.07, 6.45) is 0. The van der Waals surface area contributed by atoms with Gasteiger partial charge < -0.3 is 15.4 Å². The zero-order chi connectivity index (χ0) is 22.5. The molecule has 3 amide bonds. The molecule has 2 aromatic carbocycles. The Bertz CT molecular complexity index is 1040. The highest BCUT2D eigenvalue weighted by Gasteiger charge is 2.29. The van der Waals surface area contributed by atoms with Crippen LogP contribution >= 0.6 is 0 Å². The maximum absolute atomic E-state index is 12.7. The third-order valence-corrected chi connectivity index (χ3v) is 4.51. The summed E-state index contributed by atoms with van der Waals surface area (Å²) in [5, 5.41) is 16.5. The van der Waals surface area contributed by atoms with Crippen LogP contribution in [0.15, 0.2) is 42.5 Å². The van der Waals surface area contributed by atoms with Gasteiger partial charge in [0.15, 0.2) is 6.61 Å². The van der Waals surface area contributed by atoms with E-state index in [-0.39, 0.29) is 35.6 Å². The molecular formula is C21H22N4O6. The monoisotopic (exact) mass is 426 g/mol. The van der Waals surface area contributed by atoms with Gasteiger partial charge in [0.2, 0.25) is 5.91 Å². The minimum atomic E-state index is -0.594. The van der Waals surface area contributed by atoms with Gasteiger partial charge in [-0.2, -0.15) is 0 Å². The number of hydrogen-bond acceptors (Lipinski definition) is 6. The summed E-state index contributed by atoms with van der Waals surface area (Å²) in [4.78, 5) is 49.1. The molecule has 1 heterocycles. The molecule has 10 nitrogen and oxygen atoms in total. The number of nitro benzene ring substituents is 1. The molecule has 31 heavy (non-hydrogen) atoms. The van der Waals surface area contributed by atoms with Crippen LogP contribution in [-0.4, -0.2) is 42.3 Å². The summed E-state index contributed by atoms with van der Waals surface area (Å²) in [6.45, 7) is 3.74. The van der Waals surface area contributed by atoms with Crippen molar-refractivity contribution in [2.45, 2.75) is 13.8 Å². The lowest BCUT2D eigenvalue weighted by molar-refractivity contribution is -0.384. The number of fused-ring (bicyclic) bond motifs is 1. The van der Waals surface area contributed by atoms with Crippen LogP contribution in [0.1, 0.15) is 24.2 Å². The molecule has 162 valence electrons. The van der Waals surface area contributed by atoms with Crippen molar-refractivity contribution < 1.29 is 24.0 Å². The first-order chi connectivity index (χ1) is 14.8. The zero-order valence-corrected chi connectivity index (χ0v) is 17.1. The molecule has 0 aromatic heterocycles. The Labute approximate surface area is 178 Å². The highest BCUT2D eigenvalue weighted by molar-refractivity contribution is 6.08. The predicted molar refractivity (Wildman–Crippen MR) is 113 cm³/mol. The fourth-order valence-electron chi connectivity index (χ4n) is 2.99. The maximum Gasteiger partial charge on any atom is 0.271 e. The molecule has 0 spiro atoms. The van der Waals surface area contributed by atoms with E-state index < -0.39 is 23.3 Å². The Balaban J connectivity index is 1.78. The second kappa shape index (κ2) is 9.24. The van der Waals surface area contributed by atoms with Crippen molar-refractivity contribution in [3.05, 3.63) is 58.1 Å². The predicted octanol–water partition coefficient (Wildman–Crippen LogP) is 2.34. The summed E-state index contributed by atoms with van der Waals surface area (Å²) < 4.78 is 5.30. The van der Waals surface area contributed by atoms with Gasteiger partial charge in [0.05, 0.1) is 21.9 Å². The van der Waals surface area contributed by atoms with Crippen molar-refractivity contribution in [3.8, 4) is 5.75 Å². The van der Waals surface area contributed by atoms with E-state index in [4.69, 9.17) is 4.74 Å².